The SMILES string of the molecule is O=C(O)CCC(CP(=O)(SO)SC1CCCCC1)C(=O)O. The van der Waals surface area contributed by atoms with Crippen LogP contribution in [0.2, 0.25) is 0 Å². The lowest BCUT2D eigenvalue weighted by atomic mass is 10.0. The van der Waals surface area contributed by atoms with Gasteiger partial charge in [0.25, 0.3) is 0 Å². The summed E-state index contributed by atoms with van der Waals surface area (Å²) in [6.07, 6.45) is 4.64. The Labute approximate surface area is 132 Å². The van der Waals surface area contributed by atoms with E-state index in [1.165, 1.54) is 11.4 Å². The first-order chi connectivity index (χ1) is 9.86. The fourth-order valence-electron chi connectivity index (χ4n) is 2.35. The quantitative estimate of drug-likeness (QED) is 0.419. The van der Waals surface area contributed by atoms with Gasteiger partial charge in [-0.25, -0.2) is 0 Å². The van der Waals surface area contributed by atoms with Crippen molar-refractivity contribution in [2.75, 3.05) is 6.16 Å². The molecule has 0 radical (unpaired) electrons. The summed E-state index contributed by atoms with van der Waals surface area (Å²) in [6, 6.07) is 0. The summed E-state index contributed by atoms with van der Waals surface area (Å²) >= 11 is 1.46. The molecular formula is C12H21O6PS2. The Balaban J connectivity index is 2.64. The molecule has 122 valence electrons. The lowest BCUT2D eigenvalue weighted by molar-refractivity contribution is -0.142. The maximum atomic E-state index is 12.7. The standard InChI is InChI=1S/C12H21O6PS2/c13-11(14)7-6-9(12(15)16)8-19(17,21-18)20-10-4-2-1-3-5-10/h9-10,18H,1-8H2,(H,13,14)(H,15,16). The predicted molar refractivity (Wildman–Crippen MR) is 85.2 cm³/mol. The molecule has 9 heteroatoms. The predicted octanol–water partition coefficient (Wildman–Crippen LogP) is 4.02. The topological polar surface area (TPSA) is 112 Å². The van der Waals surface area contributed by atoms with Gasteiger partial charge in [0.05, 0.1) is 17.6 Å². The van der Waals surface area contributed by atoms with E-state index in [-0.39, 0.29) is 35.9 Å². The highest BCUT2D eigenvalue weighted by Gasteiger charge is 2.35. The Morgan fingerprint density at radius 1 is 1.19 bits per heavy atom. The van der Waals surface area contributed by atoms with Crippen LogP contribution in [0.1, 0.15) is 44.9 Å². The average Bonchev–Trinajstić information content (AvgIpc) is 2.44. The molecule has 6 nitrogen and oxygen atoms in total. The van der Waals surface area contributed by atoms with E-state index >= 15 is 0 Å². The molecule has 0 aromatic carbocycles. The summed E-state index contributed by atoms with van der Waals surface area (Å²) in [5, 5.41) is 18.0. The van der Waals surface area contributed by atoms with E-state index < -0.39 is 23.4 Å². The number of carbonyl (C=O) groups is 2. The van der Waals surface area contributed by atoms with Crippen molar-refractivity contribution in [2.45, 2.75) is 50.2 Å². The summed E-state index contributed by atoms with van der Waals surface area (Å²) in [5.74, 6) is -3.23. The normalized spacial score (nSPS) is 20.6. The molecule has 0 aromatic heterocycles. The molecule has 1 saturated carbocycles. The smallest absolute Gasteiger partial charge is 0.307 e. The summed E-state index contributed by atoms with van der Waals surface area (Å²) in [7, 11) is 0. The number of rotatable bonds is 9. The van der Waals surface area contributed by atoms with Gasteiger partial charge in [-0.05, 0) is 19.3 Å². The van der Waals surface area contributed by atoms with Gasteiger partial charge in [-0.3, -0.25) is 14.2 Å². The van der Waals surface area contributed by atoms with Crippen LogP contribution in [0.3, 0.4) is 0 Å². The van der Waals surface area contributed by atoms with Gasteiger partial charge in [-0.15, -0.1) is 0 Å². The highest BCUT2D eigenvalue weighted by Crippen LogP contribution is 2.71. The van der Waals surface area contributed by atoms with Crippen LogP contribution in [0, 0.1) is 5.92 Å². The van der Waals surface area contributed by atoms with Crippen molar-refractivity contribution >= 4 is 40.5 Å². The van der Waals surface area contributed by atoms with E-state index in [0.29, 0.717) is 0 Å². The van der Waals surface area contributed by atoms with E-state index in [9.17, 15) is 18.7 Å². The van der Waals surface area contributed by atoms with Gasteiger partial charge in [0.2, 0.25) is 5.55 Å². The van der Waals surface area contributed by atoms with Gasteiger partial charge in [-0.2, -0.15) is 0 Å². The van der Waals surface area contributed by atoms with E-state index in [1.807, 2.05) is 0 Å². The number of hydrogen-bond donors (Lipinski definition) is 3. The molecule has 2 unspecified atom stereocenters. The molecule has 0 saturated heterocycles. The first-order valence-corrected chi connectivity index (χ1v) is 11.7. The average molecular weight is 356 g/mol. The maximum Gasteiger partial charge on any atom is 0.307 e. The Morgan fingerprint density at radius 3 is 2.29 bits per heavy atom. The highest BCUT2D eigenvalue weighted by molar-refractivity contribution is 8.89. The Bertz CT molecular complexity index is 411. The number of aliphatic carboxylic acids is 2. The molecule has 0 aliphatic heterocycles. The molecule has 0 amide bonds. The van der Waals surface area contributed by atoms with Gasteiger partial charge >= 0.3 is 11.9 Å². The van der Waals surface area contributed by atoms with Crippen LogP contribution < -0.4 is 0 Å². The number of hydrogen-bond acceptors (Lipinski definition) is 6. The summed E-state index contributed by atoms with van der Waals surface area (Å²) < 4.78 is 22.0. The van der Waals surface area contributed by atoms with Gasteiger partial charge in [-0.1, -0.05) is 30.6 Å². The van der Waals surface area contributed by atoms with E-state index in [4.69, 9.17) is 10.2 Å². The minimum atomic E-state index is -3.12. The van der Waals surface area contributed by atoms with Gasteiger partial charge in [0, 0.05) is 17.8 Å². The Hall–Kier alpha value is -0.170. The van der Waals surface area contributed by atoms with Crippen molar-refractivity contribution in [3.63, 3.8) is 0 Å². The number of carboxylic acid groups (broad SMARTS) is 2. The second-order valence-electron chi connectivity index (χ2n) is 5.21. The maximum absolute atomic E-state index is 12.7. The third-order valence-corrected chi connectivity index (χ3v) is 10.6. The largest absolute Gasteiger partial charge is 0.481 e. The van der Waals surface area contributed by atoms with Crippen molar-refractivity contribution < 1.29 is 28.9 Å². The molecule has 0 aromatic rings. The zero-order valence-corrected chi connectivity index (χ0v) is 14.2. The lowest BCUT2D eigenvalue weighted by Crippen LogP contribution is -2.19. The van der Waals surface area contributed by atoms with Crippen molar-refractivity contribution in [1.29, 1.82) is 0 Å². The lowest BCUT2D eigenvalue weighted by Gasteiger charge is -2.25. The molecule has 0 heterocycles. The Kier molecular flexibility index (Phi) is 8.16. The van der Waals surface area contributed by atoms with Crippen LogP contribution >= 0.6 is 28.6 Å². The van der Waals surface area contributed by atoms with E-state index in [1.54, 1.807) is 0 Å². The zero-order chi connectivity index (χ0) is 15.9. The molecular weight excluding hydrogens is 335 g/mol. The third-order valence-electron chi connectivity index (χ3n) is 3.49. The van der Waals surface area contributed by atoms with Crippen molar-refractivity contribution in [2.24, 2.45) is 5.92 Å². The molecule has 2 atom stereocenters. The molecule has 1 aliphatic carbocycles. The van der Waals surface area contributed by atoms with Crippen LogP contribution in [0.4, 0.5) is 0 Å². The van der Waals surface area contributed by atoms with Crippen LogP contribution in [0.15, 0.2) is 0 Å². The second kappa shape index (κ2) is 9.08. The minimum absolute atomic E-state index is 0.0690. The summed E-state index contributed by atoms with van der Waals surface area (Å²) in [5.41, 5.74) is -3.12. The molecule has 1 rings (SSSR count). The fraction of sp³-hybridized carbons (Fsp3) is 0.833. The molecule has 3 N–H and O–H groups in total. The van der Waals surface area contributed by atoms with E-state index in [0.717, 1.165) is 32.1 Å². The summed E-state index contributed by atoms with van der Waals surface area (Å²) in [4.78, 5) is 21.7. The van der Waals surface area contributed by atoms with Crippen molar-refractivity contribution in [3.8, 4) is 0 Å². The first-order valence-electron chi connectivity index (χ1n) is 6.91. The third kappa shape index (κ3) is 7.08. The highest BCUT2D eigenvalue weighted by atomic mass is 33.1. The van der Waals surface area contributed by atoms with Crippen LogP contribution in [0.5, 0.6) is 0 Å². The first kappa shape index (κ1) is 18.9. The molecule has 0 spiro atoms. The number of carboxylic acids is 2. The van der Waals surface area contributed by atoms with Gasteiger partial charge in [0.15, 0.2) is 0 Å². The van der Waals surface area contributed by atoms with Crippen LogP contribution in [-0.4, -0.2) is 38.1 Å². The van der Waals surface area contributed by atoms with Crippen molar-refractivity contribution in [1.82, 2.24) is 0 Å². The zero-order valence-electron chi connectivity index (χ0n) is 11.6. The minimum Gasteiger partial charge on any atom is -0.481 e. The molecule has 1 aliphatic rings. The van der Waals surface area contributed by atoms with Crippen LogP contribution in [-0.2, 0) is 14.2 Å². The Morgan fingerprint density at radius 2 is 1.81 bits per heavy atom. The monoisotopic (exact) mass is 356 g/mol. The molecule has 1 fully saturated rings. The van der Waals surface area contributed by atoms with Gasteiger partial charge in [0.1, 0.15) is 0 Å². The molecule has 21 heavy (non-hydrogen) atoms. The van der Waals surface area contributed by atoms with Gasteiger partial charge < -0.3 is 14.8 Å². The van der Waals surface area contributed by atoms with Crippen molar-refractivity contribution in [3.05, 3.63) is 0 Å². The van der Waals surface area contributed by atoms with E-state index in [2.05, 4.69) is 0 Å². The second-order valence-corrected chi connectivity index (χ2v) is 13.2. The molecule has 0 bridgehead atoms. The fourth-order valence-corrected chi connectivity index (χ4v) is 9.51. The van der Waals surface area contributed by atoms with Crippen LogP contribution in [0.25, 0.3) is 0 Å². The summed E-state index contributed by atoms with van der Waals surface area (Å²) in [6.45, 7) is 0.